The first kappa shape index (κ1) is 31.4. The van der Waals surface area contributed by atoms with Crippen LogP contribution >= 0.6 is 27.5 Å². The third-order valence-corrected chi connectivity index (χ3v) is 8.51. The van der Waals surface area contributed by atoms with Gasteiger partial charge in [-0.1, -0.05) is 45.7 Å². The van der Waals surface area contributed by atoms with Crippen molar-refractivity contribution in [2.24, 2.45) is 0 Å². The van der Waals surface area contributed by atoms with Gasteiger partial charge < -0.3 is 15.0 Å². The second-order valence-electron chi connectivity index (χ2n) is 10.2. The molecule has 0 saturated carbocycles. The van der Waals surface area contributed by atoms with E-state index < -0.39 is 34.1 Å². The standard InChI is InChI=1S/C29H33BrClN3O5S/c1-20(28(36)32-29(2,3)4)33(18-21-9-11-22(30)12-10-21)27(35)19-34(24-8-6-7-23(31)17-24)40(37,38)26-15-13-25(39-5)14-16-26/h6-17,20H,18-19H2,1-5H3,(H,32,36)/t20-/m1/s1. The van der Waals surface area contributed by atoms with Gasteiger partial charge in [0, 0.05) is 21.6 Å². The summed E-state index contributed by atoms with van der Waals surface area (Å²) in [4.78, 5) is 28.5. The normalized spacial score (nSPS) is 12.4. The fourth-order valence-corrected chi connectivity index (χ4v) is 5.73. The minimum atomic E-state index is -4.21. The molecule has 3 aromatic carbocycles. The molecule has 1 N–H and O–H groups in total. The number of amides is 2. The lowest BCUT2D eigenvalue weighted by Gasteiger charge is -2.33. The third kappa shape index (κ3) is 8.22. The molecule has 0 bridgehead atoms. The summed E-state index contributed by atoms with van der Waals surface area (Å²) in [5.74, 6) is -0.425. The Hall–Kier alpha value is -3.08. The molecule has 40 heavy (non-hydrogen) atoms. The Morgan fingerprint density at radius 1 is 1.02 bits per heavy atom. The van der Waals surface area contributed by atoms with E-state index in [2.05, 4.69) is 21.2 Å². The molecule has 0 heterocycles. The van der Waals surface area contributed by atoms with Crippen LogP contribution in [-0.2, 0) is 26.2 Å². The van der Waals surface area contributed by atoms with Crippen molar-refractivity contribution in [2.45, 2.75) is 50.7 Å². The summed E-state index contributed by atoms with van der Waals surface area (Å²) in [6.45, 7) is 6.71. The Labute approximate surface area is 249 Å². The molecular formula is C29H33BrClN3O5S. The Morgan fingerprint density at radius 3 is 2.20 bits per heavy atom. The molecule has 0 aliphatic carbocycles. The van der Waals surface area contributed by atoms with Crippen molar-refractivity contribution in [3.8, 4) is 5.75 Å². The number of sulfonamides is 1. The molecule has 0 spiro atoms. The lowest BCUT2D eigenvalue weighted by molar-refractivity contribution is -0.140. The fraction of sp³-hybridized carbons (Fsp3) is 0.310. The Balaban J connectivity index is 2.03. The summed E-state index contributed by atoms with van der Waals surface area (Å²) in [5, 5.41) is 3.22. The van der Waals surface area contributed by atoms with E-state index in [1.54, 1.807) is 25.1 Å². The van der Waals surface area contributed by atoms with Crippen LogP contribution in [-0.4, -0.2) is 50.4 Å². The van der Waals surface area contributed by atoms with Gasteiger partial charge in [0.15, 0.2) is 0 Å². The predicted octanol–water partition coefficient (Wildman–Crippen LogP) is 5.64. The van der Waals surface area contributed by atoms with Crippen molar-refractivity contribution in [1.29, 1.82) is 0 Å². The first-order valence-electron chi connectivity index (χ1n) is 12.5. The van der Waals surface area contributed by atoms with Crippen LogP contribution in [0.4, 0.5) is 5.69 Å². The van der Waals surface area contributed by atoms with E-state index in [0.717, 1.165) is 14.3 Å². The number of methoxy groups -OCH3 is 1. The minimum absolute atomic E-state index is 0.0286. The summed E-state index contributed by atoms with van der Waals surface area (Å²) in [6.07, 6.45) is 0. The molecular weight excluding hydrogens is 618 g/mol. The third-order valence-electron chi connectivity index (χ3n) is 5.95. The molecule has 0 aromatic heterocycles. The maximum Gasteiger partial charge on any atom is 0.264 e. The van der Waals surface area contributed by atoms with E-state index in [1.807, 2.05) is 45.0 Å². The minimum Gasteiger partial charge on any atom is -0.497 e. The van der Waals surface area contributed by atoms with E-state index in [0.29, 0.717) is 10.8 Å². The highest BCUT2D eigenvalue weighted by Gasteiger charge is 2.33. The highest BCUT2D eigenvalue weighted by atomic mass is 79.9. The van der Waals surface area contributed by atoms with Crippen LogP contribution in [0.2, 0.25) is 5.02 Å². The van der Waals surface area contributed by atoms with Crippen LogP contribution in [0, 0.1) is 0 Å². The SMILES string of the molecule is COc1ccc(S(=O)(=O)N(CC(=O)N(Cc2ccc(Br)cc2)[C@H](C)C(=O)NC(C)(C)C)c2cccc(Cl)c2)cc1. The topological polar surface area (TPSA) is 96.0 Å². The van der Waals surface area contributed by atoms with E-state index in [-0.39, 0.29) is 23.0 Å². The van der Waals surface area contributed by atoms with Gasteiger partial charge in [-0.3, -0.25) is 13.9 Å². The number of hydrogen-bond donors (Lipinski definition) is 1. The van der Waals surface area contributed by atoms with Gasteiger partial charge in [-0.05, 0) is 87.9 Å². The maximum absolute atomic E-state index is 14.0. The molecule has 0 aliphatic heterocycles. The van der Waals surface area contributed by atoms with E-state index in [1.165, 1.54) is 42.3 Å². The quantitative estimate of drug-likeness (QED) is 0.307. The Morgan fingerprint density at radius 2 is 1.65 bits per heavy atom. The zero-order valence-electron chi connectivity index (χ0n) is 23.0. The van der Waals surface area contributed by atoms with Gasteiger partial charge in [0.1, 0.15) is 18.3 Å². The van der Waals surface area contributed by atoms with Gasteiger partial charge in [-0.2, -0.15) is 0 Å². The summed E-state index contributed by atoms with van der Waals surface area (Å²) < 4.78 is 34.8. The largest absolute Gasteiger partial charge is 0.497 e. The highest BCUT2D eigenvalue weighted by Crippen LogP contribution is 2.28. The summed E-state index contributed by atoms with van der Waals surface area (Å²) in [6, 6.07) is 18.6. The van der Waals surface area contributed by atoms with Gasteiger partial charge in [0.25, 0.3) is 10.0 Å². The number of rotatable bonds is 10. The number of nitrogens with zero attached hydrogens (tertiary/aromatic N) is 2. The molecule has 1 atom stereocenters. The predicted molar refractivity (Wildman–Crippen MR) is 161 cm³/mol. The fourth-order valence-electron chi connectivity index (χ4n) is 3.88. The van der Waals surface area contributed by atoms with Gasteiger partial charge in [-0.25, -0.2) is 8.42 Å². The number of halogens is 2. The molecule has 3 rings (SSSR count). The average molecular weight is 651 g/mol. The monoisotopic (exact) mass is 649 g/mol. The summed E-state index contributed by atoms with van der Waals surface area (Å²) in [5.41, 5.74) is 0.466. The molecule has 0 fully saturated rings. The summed E-state index contributed by atoms with van der Waals surface area (Å²) in [7, 11) is -2.73. The maximum atomic E-state index is 14.0. The van der Waals surface area contributed by atoms with Gasteiger partial charge in [0.05, 0.1) is 17.7 Å². The van der Waals surface area contributed by atoms with Crippen molar-refractivity contribution in [2.75, 3.05) is 18.0 Å². The zero-order valence-corrected chi connectivity index (χ0v) is 26.2. The van der Waals surface area contributed by atoms with E-state index >= 15 is 0 Å². The van der Waals surface area contributed by atoms with Crippen LogP contribution in [0.1, 0.15) is 33.3 Å². The number of carbonyl (C=O) groups is 2. The van der Waals surface area contributed by atoms with Crippen LogP contribution in [0.15, 0.2) is 82.2 Å². The first-order valence-corrected chi connectivity index (χ1v) is 15.1. The molecule has 2 amide bonds. The Bertz CT molecular complexity index is 1440. The number of ether oxygens (including phenoxy) is 1. The lowest BCUT2D eigenvalue weighted by Crippen LogP contribution is -2.54. The van der Waals surface area contributed by atoms with Crippen molar-refractivity contribution in [1.82, 2.24) is 10.2 Å². The molecule has 3 aromatic rings. The van der Waals surface area contributed by atoms with E-state index in [9.17, 15) is 18.0 Å². The number of hydrogen-bond acceptors (Lipinski definition) is 5. The van der Waals surface area contributed by atoms with Crippen molar-refractivity contribution in [3.63, 3.8) is 0 Å². The van der Waals surface area contributed by atoms with Gasteiger partial charge in [-0.15, -0.1) is 0 Å². The van der Waals surface area contributed by atoms with Crippen LogP contribution in [0.5, 0.6) is 5.75 Å². The Kier molecular flexibility index (Phi) is 10.3. The number of benzene rings is 3. The van der Waals surface area contributed by atoms with Crippen LogP contribution < -0.4 is 14.4 Å². The molecule has 0 unspecified atom stereocenters. The second kappa shape index (κ2) is 13.1. The molecule has 0 aliphatic rings. The molecule has 8 nitrogen and oxygen atoms in total. The number of carbonyl (C=O) groups excluding carboxylic acids is 2. The average Bonchev–Trinajstić information content (AvgIpc) is 2.89. The van der Waals surface area contributed by atoms with Crippen molar-refractivity contribution in [3.05, 3.63) is 87.9 Å². The van der Waals surface area contributed by atoms with E-state index in [4.69, 9.17) is 16.3 Å². The zero-order chi connectivity index (χ0) is 29.7. The highest BCUT2D eigenvalue weighted by molar-refractivity contribution is 9.10. The van der Waals surface area contributed by atoms with Crippen molar-refractivity contribution < 1.29 is 22.7 Å². The second-order valence-corrected chi connectivity index (χ2v) is 13.4. The van der Waals surface area contributed by atoms with Crippen LogP contribution in [0.25, 0.3) is 0 Å². The number of nitrogens with one attached hydrogen (secondary N) is 1. The van der Waals surface area contributed by atoms with Crippen LogP contribution in [0.3, 0.4) is 0 Å². The van der Waals surface area contributed by atoms with Crippen molar-refractivity contribution >= 4 is 55.1 Å². The van der Waals surface area contributed by atoms with Gasteiger partial charge >= 0.3 is 0 Å². The summed E-state index contributed by atoms with van der Waals surface area (Å²) >= 11 is 9.61. The molecule has 214 valence electrons. The lowest BCUT2D eigenvalue weighted by atomic mass is 10.1. The molecule has 0 saturated heterocycles. The smallest absolute Gasteiger partial charge is 0.264 e. The molecule has 0 radical (unpaired) electrons. The molecule has 11 heteroatoms. The van der Waals surface area contributed by atoms with Gasteiger partial charge in [0.2, 0.25) is 11.8 Å². The first-order chi connectivity index (χ1) is 18.7. The number of anilines is 1.